The van der Waals surface area contributed by atoms with Crippen LogP contribution in [-0.2, 0) is 15.6 Å². The van der Waals surface area contributed by atoms with E-state index in [4.69, 9.17) is 0 Å². The van der Waals surface area contributed by atoms with Crippen LogP contribution in [0.2, 0.25) is 0 Å². The van der Waals surface area contributed by atoms with E-state index in [1.807, 2.05) is 29.6 Å². The summed E-state index contributed by atoms with van der Waals surface area (Å²) >= 11 is 1.56. The fraction of sp³-hybridized carbons (Fsp3) is 0.111. The molecule has 0 radical (unpaired) electrons. The minimum Gasteiger partial charge on any atom is -0.322 e. The first-order valence-electron chi connectivity index (χ1n) is 7.49. The number of rotatable bonds is 5. The second kappa shape index (κ2) is 7.16. The SMILES string of the molecule is CS(=O)(=O)Cc1ccc(C(=O)Nc2ccc(-c3nccs3)cc2)cc1. The molecular weight excluding hydrogens is 356 g/mol. The lowest BCUT2D eigenvalue weighted by Gasteiger charge is -2.07. The van der Waals surface area contributed by atoms with Gasteiger partial charge in [0.15, 0.2) is 9.84 Å². The van der Waals surface area contributed by atoms with Crippen LogP contribution in [0.3, 0.4) is 0 Å². The Kier molecular flexibility index (Phi) is 4.96. The van der Waals surface area contributed by atoms with Crippen LogP contribution in [0.4, 0.5) is 5.69 Å². The topological polar surface area (TPSA) is 76.1 Å². The molecule has 0 aliphatic rings. The Morgan fingerprint density at radius 1 is 1.08 bits per heavy atom. The Hall–Kier alpha value is -2.51. The summed E-state index contributed by atoms with van der Waals surface area (Å²) in [5.74, 6) is -0.277. The van der Waals surface area contributed by atoms with Crippen molar-refractivity contribution in [2.45, 2.75) is 5.75 Å². The average Bonchev–Trinajstić information content (AvgIpc) is 3.09. The fourth-order valence-corrected chi connectivity index (χ4v) is 3.76. The third kappa shape index (κ3) is 4.74. The summed E-state index contributed by atoms with van der Waals surface area (Å²) in [6, 6.07) is 14.0. The van der Waals surface area contributed by atoms with E-state index < -0.39 is 9.84 Å². The van der Waals surface area contributed by atoms with Crippen molar-refractivity contribution in [1.82, 2.24) is 4.98 Å². The Morgan fingerprint density at radius 3 is 2.32 bits per heavy atom. The molecule has 1 aromatic heterocycles. The first-order chi connectivity index (χ1) is 11.9. The molecule has 0 aliphatic heterocycles. The lowest BCUT2D eigenvalue weighted by molar-refractivity contribution is 0.102. The summed E-state index contributed by atoms with van der Waals surface area (Å²) in [6.07, 6.45) is 2.94. The van der Waals surface area contributed by atoms with E-state index >= 15 is 0 Å². The molecule has 0 atom stereocenters. The number of nitrogens with one attached hydrogen (secondary N) is 1. The molecule has 2 aromatic carbocycles. The van der Waals surface area contributed by atoms with Crippen molar-refractivity contribution in [3.8, 4) is 10.6 Å². The van der Waals surface area contributed by atoms with E-state index in [9.17, 15) is 13.2 Å². The summed E-state index contributed by atoms with van der Waals surface area (Å²) in [5, 5.41) is 5.67. The summed E-state index contributed by atoms with van der Waals surface area (Å²) in [4.78, 5) is 16.5. The molecule has 0 saturated carbocycles. The Bertz CT molecular complexity index is 962. The van der Waals surface area contributed by atoms with E-state index in [2.05, 4.69) is 10.3 Å². The van der Waals surface area contributed by atoms with Gasteiger partial charge >= 0.3 is 0 Å². The van der Waals surface area contributed by atoms with Gasteiger partial charge in [-0.05, 0) is 42.0 Å². The number of amides is 1. The number of anilines is 1. The molecular formula is C18H16N2O3S2. The van der Waals surface area contributed by atoms with Crippen LogP contribution >= 0.6 is 11.3 Å². The molecule has 25 heavy (non-hydrogen) atoms. The van der Waals surface area contributed by atoms with Gasteiger partial charge in [0.1, 0.15) is 5.01 Å². The summed E-state index contributed by atoms with van der Waals surface area (Å²) < 4.78 is 22.6. The number of hydrogen-bond donors (Lipinski definition) is 1. The highest BCUT2D eigenvalue weighted by Gasteiger charge is 2.09. The van der Waals surface area contributed by atoms with Gasteiger partial charge in [-0.25, -0.2) is 13.4 Å². The molecule has 0 fully saturated rings. The minimum atomic E-state index is -3.09. The molecule has 7 heteroatoms. The van der Waals surface area contributed by atoms with Gasteiger partial charge in [-0.3, -0.25) is 4.79 Å². The number of nitrogens with zero attached hydrogens (tertiary/aromatic N) is 1. The normalized spacial score (nSPS) is 11.2. The van der Waals surface area contributed by atoms with E-state index in [1.54, 1.807) is 41.8 Å². The fourth-order valence-electron chi connectivity index (χ4n) is 2.32. The van der Waals surface area contributed by atoms with Crippen LogP contribution in [0.25, 0.3) is 10.6 Å². The van der Waals surface area contributed by atoms with Crippen molar-refractivity contribution in [1.29, 1.82) is 0 Å². The zero-order valence-electron chi connectivity index (χ0n) is 13.5. The lowest BCUT2D eigenvalue weighted by atomic mass is 10.1. The molecule has 1 amide bonds. The third-order valence-corrected chi connectivity index (χ3v) is 5.15. The Morgan fingerprint density at radius 2 is 1.76 bits per heavy atom. The summed E-state index contributed by atoms with van der Waals surface area (Å²) in [6.45, 7) is 0. The number of aromatic nitrogens is 1. The van der Waals surface area contributed by atoms with Gasteiger partial charge < -0.3 is 5.32 Å². The highest BCUT2D eigenvalue weighted by molar-refractivity contribution is 7.89. The van der Waals surface area contributed by atoms with E-state index in [0.717, 1.165) is 10.6 Å². The molecule has 0 unspecified atom stereocenters. The van der Waals surface area contributed by atoms with E-state index in [0.29, 0.717) is 16.8 Å². The largest absolute Gasteiger partial charge is 0.322 e. The summed E-state index contributed by atoms with van der Waals surface area (Å²) in [5.41, 5.74) is 2.82. The predicted molar refractivity (Wildman–Crippen MR) is 100 cm³/mol. The number of carbonyl (C=O) groups is 1. The molecule has 0 spiro atoms. The lowest BCUT2D eigenvalue weighted by Crippen LogP contribution is -2.12. The van der Waals surface area contributed by atoms with Gasteiger partial charge in [-0.1, -0.05) is 12.1 Å². The smallest absolute Gasteiger partial charge is 0.255 e. The van der Waals surface area contributed by atoms with Gasteiger partial charge in [0, 0.05) is 34.6 Å². The van der Waals surface area contributed by atoms with Gasteiger partial charge in [0.2, 0.25) is 0 Å². The molecule has 5 nitrogen and oxygen atoms in total. The van der Waals surface area contributed by atoms with Crippen LogP contribution < -0.4 is 5.32 Å². The third-order valence-electron chi connectivity index (χ3n) is 3.47. The number of benzene rings is 2. The molecule has 0 saturated heterocycles. The molecule has 1 heterocycles. The van der Waals surface area contributed by atoms with Crippen molar-refractivity contribution in [2.75, 3.05) is 11.6 Å². The van der Waals surface area contributed by atoms with Crippen molar-refractivity contribution >= 4 is 32.8 Å². The predicted octanol–water partition coefficient (Wildman–Crippen LogP) is 3.61. The second-order valence-electron chi connectivity index (χ2n) is 5.64. The average molecular weight is 372 g/mol. The zero-order chi connectivity index (χ0) is 17.9. The standard InChI is InChI=1S/C18H16N2O3S2/c1-25(22,23)12-13-2-4-14(5-3-13)17(21)20-16-8-6-15(7-9-16)18-19-10-11-24-18/h2-11H,12H2,1H3,(H,20,21). The van der Waals surface area contributed by atoms with Crippen molar-refractivity contribution in [2.24, 2.45) is 0 Å². The van der Waals surface area contributed by atoms with Crippen LogP contribution in [0.1, 0.15) is 15.9 Å². The molecule has 3 aromatic rings. The first kappa shape index (κ1) is 17.3. The number of sulfone groups is 1. The number of carbonyl (C=O) groups excluding carboxylic acids is 1. The van der Waals surface area contributed by atoms with Gasteiger partial charge in [-0.2, -0.15) is 0 Å². The van der Waals surface area contributed by atoms with Gasteiger partial charge in [0.25, 0.3) is 5.91 Å². The minimum absolute atomic E-state index is 0.0346. The molecule has 0 aliphatic carbocycles. The maximum absolute atomic E-state index is 12.3. The molecule has 128 valence electrons. The Labute approximate surface area is 150 Å². The van der Waals surface area contributed by atoms with Crippen LogP contribution in [0, 0.1) is 0 Å². The molecule has 0 bridgehead atoms. The van der Waals surface area contributed by atoms with Gasteiger partial charge in [0.05, 0.1) is 5.75 Å². The second-order valence-corrected chi connectivity index (χ2v) is 8.67. The number of thiazole rings is 1. The van der Waals surface area contributed by atoms with E-state index in [-0.39, 0.29) is 11.7 Å². The van der Waals surface area contributed by atoms with Crippen molar-refractivity contribution in [3.63, 3.8) is 0 Å². The highest BCUT2D eigenvalue weighted by Crippen LogP contribution is 2.23. The van der Waals surface area contributed by atoms with Crippen molar-refractivity contribution in [3.05, 3.63) is 71.2 Å². The van der Waals surface area contributed by atoms with Crippen molar-refractivity contribution < 1.29 is 13.2 Å². The quantitative estimate of drug-likeness (QED) is 0.742. The first-order valence-corrected chi connectivity index (χ1v) is 10.4. The summed E-state index contributed by atoms with van der Waals surface area (Å²) in [7, 11) is -3.09. The van der Waals surface area contributed by atoms with Crippen LogP contribution in [0.15, 0.2) is 60.1 Å². The van der Waals surface area contributed by atoms with Crippen LogP contribution in [-0.4, -0.2) is 25.6 Å². The monoisotopic (exact) mass is 372 g/mol. The zero-order valence-corrected chi connectivity index (χ0v) is 15.1. The number of hydrogen-bond acceptors (Lipinski definition) is 5. The molecule has 3 rings (SSSR count). The van der Waals surface area contributed by atoms with E-state index in [1.165, 1.54) is 6.26 Å². The van der Waals surface area contributed by atoms with Gasteiger partial charge in [-0.15, -0.1) is 11.3 Å². The van der Waals surface area contributed by atoms with Crippen LogP contribution in [0.5, 0.6) is 0 Å². The highest BCUT2D eigenvalue weighted by atomic mass is 32.2. The maximum Gasteiger partial charge on any atom is 0.255 e. The Balaban J connectivity index is 1.67. The molecule has 1 N–H and O–H groups in total. The maximum atomic E-state index is 12.3.